The van der Waals surface area contributed by atoms with E-state index < -0.39 is 23.0 Å². The van der Waals surface area contributed by atoms with Gasteiger partial charge in [-0.2, -0.15) is 0 Å². The molecule has 1 aromatic carbocycles. The summed E-state index contributed by atoms with van der Waals surface area (Å²) < 4.78 is 31.1. The van der Waals surface area contributed by atoms with Gasteiger partial charge in [-0.25, -0.2) is 8.78 Å². The maximum Gasteiger partial charge on any atom is 0.316 e. The molecule has 0 atom stereocenters. The number of rotatable bonds is 3. The van der Waals surface area contributed by atoms with Crippen molar-refractivity contribution >= 4 is 5.97 Å². The minimum Gasteiger partial charge on any atom is -0.465 e. The normalized spacial score (nSPS) is 11.3. The van der Waals surface area contributed by atoms with Crippen LogP contribution in [0.15, 0.2) is 18.2 Å². The number of hydrogen-bond acceptors (Lipinski definition) is 2. The van der Waals surface area contributed by atoms with E-state index in [1.54, 1.807) is 20.8 Å². The Morgan fingerprint density at radius 1 is 1.38 bits per heavy atom. The molecule has 0 unspecified atom stereocenters. The van der Waals surface area contributed by atoms with Crippen molar-refractivity contribution in [2.75, 3.05) is 6.61 Å². The van der Waals surface area contributed by atoms with Crippen molar-refractivity contribution in [1.82, 2.24) is 0 Å². The zero-order chi connectivity index (χ0) is 12.3. The highest BCUT2D eigenvalue weighted by Gasteiger charge is 2.33. The first-order chi connectivity index (χ1) is 7.39. The molecular formula is C12H14F2O2. The van der Waals surface area contributed by atoms with Gasteiger partial charge in [0, 0.05) is 11.6 Å². The summed E-state index contributed by atoms with van der Waals surface area (Å²) in [6.07, 6.45) is 0. The topological polar surface area (TPSA) is 26.3 Å². The second-order valence-electron chi connectivity index (χ2n) is 3.97. The molecule has 1 aromatic rings. The lowest BCUT2D eigenvalue weighted by molar-refractivity contribution is -0.148. The molecule has 0 N–H and O–H groups in total. The van der Waals surface area contributed by atoms with Gasteiger partial charge in [0.25, 0.3) is 0 Å². The molecule has 0 spiro atoms. The summed E-state index contributed by atoms with van der Waals surface area (Å²) >= 11 is 0. The Kier molecular flexibility index (Phi) is 3.62. The van der Waals surface area contributed by atoms with E-state index in [0.29, 0.717) is 0 Å². The van der Waals surface area contributed by atoms with Crippen molar-refractivity contribution in [2.45, 2.75) is 26.2 Å². The van der Waals surface area contributed by atoms with E-state index in [2.05, 4.69) is 0 Å². The van der Waals surface area contributed by atoms with Crippen LogP contribution < -0.4 is 0 Å². The third-order valence-corrected chi connectivity index (χ3v) is 2.39. The zero-order valence-electron chi connectivity index (χ0n) is 9.51. The quantitative estimate of drug-likeness (QED) is 0.743. The highest BCUT2D eigenvalue weighted by molar-refractivity contribution is 5.82. The molecule has 0 bridgehead atoms. The average molecular weight is 228 g/mol. The van der Waals surface area contributed by atoms with Crippen molar-refractivity contribution in [3.8, 4) is 0 Å². The van der Waals surface area contributed by atoms with Gasteiger partial charge in [-0.1, -0.05) is 6.07 Å². The highest BCUT2D eigenvalue weighted by Crippen LogP contribution is 2.27. The van der Waals surface area contributed by atoms with Gasteiger partial charge in [0.1, 0.15) is 11.6 Å². The number of esters is 1. The summed E-state index contributed by atoms with van der Waals surface area (Å²) in [6, 6.07) is 3.15. The molecule has 1 rings (SSSR count). The molecule has 0 radical (unpaired) electrons. The first-order valence-corrected chi connectivity index (χ1v) is 5.02. The Hall–Kier alpha value is -1.45. The van der Waals surface area contributed by atoms with E-state index in [1.807, 2.05) is 0 Å². The van der Waals surface area contributed by atoms with Crippen LogP contribution in [0.5, 0.6) is 0 Å². The van der Waals surface area contributed by atoms with Crippen LogP contribution in [-0.4, -0.2) is 12.6 Å². The monoisotopic (exact) mass is 228 g/mol. The second-order valence-corrected chi connectivity index (χ2v) is 3.97. The molecule has 0 saturated heterocycles. The van der Waals surface area contributed by atoms with Crippen molar-refractivity contribution in [1.29, 1.82) is 0 Å². The molecule has 88 valence electrons. The van der Waals surface area contributed by atoms with Crippen molar-refractivity contribution in [3.05, 3.63) is 35.4 Å². The van der Waals surface area contributed by atoms with Crippen LogP contribution in [-0.2, 0) is 14.9 Å². The molecule has 0 fully saturated rings. The molecule has 0 heterocycles. The smallest absolute Gasteiger partial charge is 0.316 e. The van der Waals surface area contributed by atoms with Gasteiger partial charge < -0.3 is 4.74 Å². The molecule has 0 saturated carbocycles. The molecule has 0 aliphatic carbocycles. The SMILES string of the molecule is CCOC(=O)C(C)(C)c1ccc(F)cc1F. The summed E-state index contributed by atoms with van der Waals surface area (Å²) in [4.78, 5) is 11.6. The summed E-state index contributed by atoms with van der Waals surface area (Å²) in [5.41, 5.74) is -0.985. The molecule has 0 aliphatic rings. The fourth-order valence-electron chi connectivity index (χ4n) is 1.42. The predicted molar refractivity (Wildman–Crippen MR) is 56.0 cm³/mol. The van der Waals surface area contributed by atoms with Gasteiger partial charge >= 0.3 is 5.97 Å². The van der Waals surface area contributed by atoms with Crippen LogP contribution in [0.25, 0.3) is 0 Å². The Labute approximate surface area is 93.2 Å². The van der Waals surface area contributed by atoms with Crippen LogP contribution in [0.4, 0.5) is 8.78 Å². The molecule has 16 heavy (non-hydrogen) atoms. The minimum atomic E-state index is -1.12. The van der Waals surface area contributed by atoms with Crippen LogP contribution in [0.3, 0.4) is 0 Å². The van der Waals surface area contributed by atoms with Crippen LogP contribution in [0.1, 0.15) is 26.3 Å². The lowest BCUT2D eigenvalue weighted by Crippen LogP contribution is -2.32. The van der Waals surface area contributed by atoms with E-state index in [4.69, 9.17) is 4.74 Å². The maximum atomic E-state index is 13.5. The Balaban J connectivity index is 3.11. The number of hydrogen-bond donors (Lipinski definition) is 0. The number of ether oxygens (including phenoxy) is 1. The zero-order valence-corrected chi connectivity index (χ0v) is 9.51. The number of benzene rings is 1. The number of carbonyl (C=O) groups excluding carboxylic acids is 1. The van der Waals surface area contributed by atoms with Gasteiger partial charge in [-0.05, 0) is 26.8 Å². The standard InChI is InChI=1S/C12H14F2O2/c1-4-16-11(15)12(2,3)9-6-5-8(13)7-10(9)14/h5-7H,4H2,1-3H3. The van der Waals surface area contributed by atoms with Gasteiger partial charge in [0.15, 0.2) is 0 Å². The maximum absolute atomic E-state index is 13.5. The summed E-state index contributed by atoms with van der Waals surface area (Å²) in [6.45, 7) is 4.99. The molecule has 0 aliphatic heterocycles. The Morgan fingerprint density at radius 3 is 2.50 bits per heavy atom. The van der Waals surface area contributed by atoms with Gasteiger partial charge in [-0.3, -0.25) is 4.79 Å². The predicted octanol–water partition coefficient (Wildman–Crippen LogP) is 2.81. The van der Waals surface area contributed by atoms with Gasteiger partial charge in [-0.15, -0.1) is 0 Å². The van der Waals surface area contributed by atoms with E-state index in [0.717, 1.165) is 12.1 Å². The van der Waals surface area contributed by atoms with E-state index >= 15 is 0 Å². The van der Waals surface area contributed by atoms with Gasteiger partial charge in [0.2, 0.25) is 0 Å². The Morgan fingerprint density at radius 2 is 2.00 bits per heavy atom. The summed E-state index contributed by atoms with van der Waals surface area (Å²) in [7, 11) is 0. The van der Waals surface area contributed by atoms with Gasteiger partial charge in [0.05, 0.1) is 12.0 Å². The molecular weight excluding hydrogens is 214 g/mol. The van der Waals surface area contributed by atoms with E-state index in [-0.39, 0.29) is 12.2 Å². The minimum absolute atomic E-state index is 0.132. The second kappa shape index (κ2) is 4.60. The van der Waals surface area contributed by atoms with E-state index in [1.165, 1.54) is 6.07 Å². The molecule has 0 aromatic heterocycles. The van der Waals surface area contributed by atoms with Crippen LogP contribution in [0.2, 0.25) is 0 Å². The largest absolute Gasteiger partial charge is 0.465 e. The summed E-state index contributed by atoms with van der Waals surface area (Å²) in [5.74, 6) is -1.93. The molecule has 4 heteroatoms. The number of carbonyl (C=O) groups is 1. The lowest BCUT2D eigenvalue weighted by atomic mass is 9.84. The van der Waals surface area contributed by atoms with E-state index in [9.17, 15) is 13.6 Å². The van der Waals surface area contributed by atoms with Crippen LogP contribution in [0, 0.1) is 11.6 Å². The first-order valence-electron chi connectivity index (χ1n) is 5.02. The van der Waals surface area contributed by atoms with Crippen molar-refractivity contribution < 1.29 is 18.3 Å². The average Bonchev–Trinajstić information content (AvgIpc) is 2.17. The highest BCUT2D eigenvalue weighted by atomic mass is 19.1. The molecule has 0 amide bonds. The Bertz CT molecular complexity index is 400. The van der Waals surface area contributed by atoms with Crippen molar-refractivity contribution in [3.63, 3.8) is 0 Å². The fraction of sp³-hybridized carbons (Fsp3) is 0.417. The third-order valence-electron chi connectivity index (χ3n) is 2.39. The fourth-order valence-corrected chi connectivity index (χ4v) is 1.42. The molecule has 2 nitrogen and oxygen atoms in total. The lowest BCUT2D eigenvalue weighted by Gasteiger charge is -2.23. The summed E-state index contributed by atoms with van der Waals surface area (Å²) in [5, 5.41) is 0. The first kappa shape index (κ1) is 12.6. The number of halogens is 2. The third kappa shape index (κ3) is 2.38. The van der Waals surface area contributed by atoms with Crippen molar-refractivity contribution in [2.24, 2.45) is 0 Å². The van der Waals surface area contributed by atoms with Crippen LogP contribution >= 0.6 is 0 Å².